The molecule has 1 heterocycles. The molecule has 0 saturated carbocycles. The van der Waals surface area contributed by atoms with Gasteiger partial charge in [0.2, 0.25) is 0 Å². The Hall–Kier alpha value is -1.98. The third kappa shape index (κ3) is 7.29. The summed E-state index contributed by atoms with van der Waals surface area (Å²) < 4.78 is 23.6. The second-order valence-corrected chi connectivity index (χ2v) is 9.77. The number of hydrogen-bond acceptors (Lipinski definition) is 5. The van der Waals surface area contributed by atoms with Crippen LogP contribution < -0.4 is 10.6 Å². The van der Waals surface area contributed by atoms with Gasteiger partial charge in [-0.05, 0) is 31.0 Å². The number of benzene rings is 2. The number of aliphatic imine (C=N–C) groups is 1. The highest BCUT2D eigenvalue weighted by molar-refractivity contribution is 14.0. The number of guanidine groups is 1. The molecule has 0 aliphatic heterocycles. The molecule has 2 aromatic carbocycles. The molecule has 0 spiro atoms. The topological polar surface area (TPSA) is 83.5 Å². The fourth-order valence-electron chi connectivity index (χ4n) is 3.01. The Labute approximate surface area is 205 Å². The Bertz CT molecular complexity index is 1130. The monoisotopic (exact) mass is 570 g/mol. The molecular weight excluding hydrogens is 543 g/mol. The van der Waals surface area contributed by atoms with E-state index in [-0.39, 0.29) is 24.0 Å². The van der Waals surface area contributed by atoms with Gasteiger partial charge in [0, 0.05) is 23.7 Å². The molecule has 0 saturated heterocycles. The quantitative estimate of drug-likeness (QED) is 0.250. The summed E-state index contributed by atoms with van der Waals surface area (Å²) in [5, 5.41) is 9.58. The molecule has 0 bridgehead atoms. The summed E-state index contributed by atoms with van der Waals surface area (Å²) in [6.07, 6.45) is 1.22. The molecule has 0 atom stereocenters. The molecule has 0 aliphatic carbocycles. The summed E-state index contributed by atoms with van der Waals surface area (Å²) in [7, 11) is -3.21. The number of rotatable bonds is 7. The van der Waals surface area contributed by atoms with E-state index in [0.29, 0.717) is 23.9 Å². The molecule has 6 nitrogen and oxygen atoms in total. The third-order valence-electron chi connectivity index (χ3n) is 4.41. The number of aromatic nitrogens is 1. The van der Waals surface area contributed by atoms with Crippen molar-refractivity contribution in [3.8, 4) is 10.6 Å². The minimum atomic E-state index is -3.21. The lowest BCUT2D eigenvalue weighted by Gasteiger charge is -2.11. The van der Waals surface area contributed by atoms with Crippen molar-refractivity contribution in [3.63, 3.8) is 0 Å². The number of halogens is 1. The Morgan fingerprint density at radius 2 is 1.87 bits per heavy atom. The van der Waals surface area contributed by atoms with Gasteiger partial charge in [-0.2, -0.15) is 0 Å². The van der Waals surface area contributed by atoms with Crippen LogP contribution in [-0.2, 0) is 22.9 Å². The highest BCUT2D eigenvalue weighted by Gasteiger charge is 2.11. The molecule has 166 valence electrons. The Morgan fingerprint density at radius 1 is 1.13 bits per heavy atom. The van der Waals surface area contributed by atoms with Gasteiger partial charge in [-0.3, -0.25) is 0 Å². The van der Waals surface area contributed by atoms with Crippen LogP contribution in [0.5, 0.6) is 0 Å². The van der Waals surface area contributed by atoms with Gasteiger partial charge < -0.3 is 10.6 Å². The van der Waals surface area contributed by atoms with E-state index in [2.05, 4.69) is 27.8 Å². The van der Waals surface area contributed by atoms with Crippen LogP contribution in [0.3, 0.4) is 0 Å². The molecule has 1 aromatic heterocycles. The minimum Gasteiger partial charge on any atom is -0.357 e. The van der Waals surface area contributed by atoms with Crippen LogP contribution in [0.25, 0.3) is 10.6 Å². The van der Waals surface area contributed by atoms with Gasteiger partial charge in [0.25, 0.3) is 0 Å². The zero-order valence-electron chi connectivity index (χ0n) is 17.8. The van der Waals surface area contributed by atoms with E-state index in [1.807, 2.05) is 42.6 Å². The van der Waals surface area contributed by atoms with Crippen molar-refractivity contribution in [2.75, 3.05) is 12.8 Å². The molecule has 2 N–H and O–H groups in total. The molecule has 0 fully saturated rings. The van der Waals surface area contributed by atoms with E-state index >= 15 is 0 Å². The van der Waals surface area contributed by atoms with E-state index in [1.54, 1.807) is 24.3 Å². The second kappa shape index (κ2) is 11.6. The molecule has 3 aromatic rings. The van der Waals surface area contributed by atoms with Crippen LogP contribution in [0.15, 0.2) is 63.8 Å². The summed E-state index contributed by atoms with van der Waals surface area (Å²) >= 11 is 1.62. The molecule has 0 amide bonds. The first kappa shape index (κ1) is 25.3. The largest absolute Gasteiger partial charge is 0.357 e. The van der Waals surface area contributed by atoms with E-state index in [1.165, 1.54) is 6.26 Å². The van der Waals surface area contributed by atoms with E-state index in [4.69, 9.17) is 4.98 Å². The van der Waals surface area contributed by atoms with E-state index < -0.39 is 9.84 Å². The third-order valence-corrected chi connectivity index (χ3v) is 6.61. The molecule has 0 unspecified atom stereocenters. The van der Waals surface area contributed by atoms with Crippen molar-refractivity contribution in [3.05, 3.63) is 70.7 Å². The van der Waals surface area contributed by atoms with E-state index in [9.17, 15) is 8.42 Å². The van der Waals surface area contributed by atoms with Crippen LogP contribution in [0.2, 0.25) is 0 Å². The highest BCUT2D eigenvalue weighted by atomic mass is 127. The lowest BCUT2D eigenvalue weighted by molar-refractivity contribution is 0.601. The van der Waals surface area contributed by atoms with Crippen molar-refractivity contribution in [2.24, 2.45) is 4.99 Å². The van der Waals surface area contributed by atoms with Gasteiger partial charge in [0.05, 0.1) is 23.7 Å². The molecule has 0 aliphatic rings. The summed E-state index contributed by atoms with van der Waals surface area (Å²) in [4.78, 5) is 9.67. The number of hydrogen-bond donors (Lipinski definition) is 2. The average molecular weight is 571 g/mol. The van der Waals surface area contributed by atoms with Gasteiger partial charge in [0.15, 0.2) is 15.8 Å². The Kier molecular flexibility index (Phi) is 9.45. The molecular formula is C22H27IN4O2S2. The number of nitrogens with zero attached hydrogens (tertiary/aromatic N) is 2. The van der Waals surface area contributed by atoms with Crippen molar-refractivity contribution < 1.29 is 8.42 Å². The second-order valence-electron chi connectivity index (χ2n) is 6.93. The molecule has 0 radical (unpaired) electrons. The Balaban J connectivity index is 0.00000341. The van der Waals surface area contributed by atoms with Gasteiger partial charge in [-0.15, -0.1) is 35.3 Å². The first-order chi connectivity index (χ1) is 14.4. The van der Waals surface area contributed by atoms with Gasteiger partial charge in [0.1, 0.15) is 5.01 Å². The van der Waals surface area contributed by atoms with Crippen LogP contribution in [0.1, 0.15) is 23.7 Å². The zero-order valence-corrected chi connectivity index (χ0v) is 21.7. The summed E-state index contributed by atoms with van der Waals surface area (Å²) in [5.41, 5.74) is 3.76. The smallest absolute Gasteiger partial charge is 0.191 e. The van der Waals surface area contributed by atoms with Crippen LogP contribution in [0.4, 0.5) is 0 Å². The van der Waals surface area contributed by atoms with E-state index in [0.717, 1.165) is 33.9 Å². The highest BCUT2D eigenvalue weighted by Crippen LogP contribution is 2.23. The lowest BCUT2D eigenvalue weighted by atomic mass is 10.1. The first-order valence-electron chi connectivity index (χ1n) is 9.68. The maximum atomic E-state index is 11.8. The SMILES string of the molecule is CCNC(=NCc1ccc(S(C)(=O)=O)c(C)c1)NCc1csc(-c2ccccc2)n1.I. The molecule has 9 heteroatoms. The van der Waals surface area contributed by atoms with Crippen molar-refractivity contribution >= 4 is 51.1 Å². The van der Waals surface area contributed by atoms with Crippen molar-refractivity contribution in [2.45, 2.75) is 31.8 Å². The first-order valence-corrected chi connectivity index (χ1v) is 12.5. The van der Waals surface area contributed by atoms with Crippen molar-refractivity contribution in [1.29, 1.82) is 0 Å². The fraction of sp³-hybridized carbons (Fsp3) is 0.273. The zero-order chi connectivity index (χ0) is 21.6. The summed E-state index contributed by atoms with van der Waals surface area (Å²) in [5.74, 6) is 0.691. The molecule has 3 rings (SSSR count). The Morgan fingerprint density at radius 3 is 2.52 bits per heavy atom. The number of aryl methyl sites for hydroxylation is 1. The normalized spacial score (nSPS) is 11.6. The fourth-order valence-corrected chi connectivity index (χ4v) is 4.80. The number of sulfone groups is 1. The lowest BCUT2D eigenvalue weighted by Crippen LogP contribution is -2.36. The predicted molar refractivity (Wildman–Crippen MR) is 139 cm³/mol. The van der Waals surface area contributed by atoms with Gasteiger partial charge >= 0.3 is 0 Å². The maximum absolute atomic E-state index is 11.8. The van der Waals surface area contributed by atoms with Crippen LogP contribution >= 0.6 is 35.3 Å². The average Bonchev–Trinajstić information content (AvgIpc) is 3.19. The van der Waals surface area contributed by atoms with Crippen molar-refractivity contribution in [1.82, 2.24) is 15.6 Å². The van der Waals surface area contributed by atoms with Crippen LogP contribution in [-0.4, -0.2) is 32.2 Å². The summed E-state index contributed by atoms with van der Waals surface area (Å²) in [6, 6.07) is 15.4. The van der Waals surface area contributed by atoms with Crippen LogP contribution in [0, 0.1) is 6.92 Å². The molecule has 31 heavy (non-hydrogen) atoms. The number of thiazole rings is 1. The van der Waals surface area contributed by atoms with Gasteiger partial charge in [-0.25, -0.2) is 18.4 Å². The number of nitrogens with one attached hydrogen (secondary N) is 2. The minimum absolute atomic E-state index is 0. The standard InChI is InChI=1S/C22H26N4O2S2.HI/c1-4-23-22(24-13-17-10-11-20(16(2)12-17)30(3,27)28)25-14-19-15-29-21(26-19)18-8-6-5-7-9-18;/h5-12,15H,4,13-14H2,1-3H3,(H2,23,24,25);1H. The predicted octanol–water partition coefficient (Wildman–Crippen LogP) is 4.40. The maximum Gasteiger partial charge on any atom is 0.191 e. The van der Waals surface area contributed by atoms with Gasteiger partial charge in [-0.1, -0.05) is 42.5 Å². The summed E-state index contributed by atoms with van der Waals surface area (Å²) in [6.45, 7) is 5.58.